The maximum Gasteiger partial charge on any atom is 0.0811 e. The number of aliphatic hydroxyl groups is 2. The summed E-state index contributed by atoms with van der Waals surface area (Å²) in [6.07, 6.45) is 15.2. The third kappa shape index (κ3) is 5.07. The van der Waals surface area contributed by atoms with Gasteiger partial charge in [-0.15, -0.1) is 0 Å². The Morgan fingerprint density at radius 1 is 1.14 bits per heavy atom. The minimum atomic E-state index is -0.595. The largest absolute Gasteiger partial charge is 0.393 e. The molecule has 2 nitrogen and oxygen atoms in total. The monoisotopic (exact) mass is 400 g/mol. The van der Waals surface area contributed by atoms with Gasteiger partial charge in [-0.05, 0) is 78.8 Å². The lowest BCUT2D eigenvalue weighted by Gasteiger charge is -2.44. The van der Waals surface area contributed by atoms with Gasteiger partial charge in [0.2, 0.25) is 0 Å². The molecule has 2 N–H and O–H groups in total. The minimum absolute atomic E-state index is 0.420. The van der Waals surface area contributed by atoms with E-state index in [-0.39, 0.29) is 0 Å². The number of allylic oxidation sites excluding steroid dienone is 3. The van der Waals surface area contributed by atoms with Crippen LogP contribution in [-0.4, -0.2) is 22.4 Å². The Kier molecular flexibility index (Phi) is 7.49. The van der Waals surface area contributed by atoms with Crippen molar-refractivity contribution in [2.24, 2.45) is 29.1 Å². The number of rotatable bonds is 6. The summed E-state index contributed by atoms with van der Waals surface area (Å²) in [6.45, 7) is 13.8. The van der Waals surface area contributed by atoms with Gasteiger partial charge in [0.1, 0.15) is 0 Å². The van der Waals surface area contributed by atoms with Gasteiger partial charge in [0, 0.05) is 6.42 Å². The van der Waals surface area contributed by atoms with Crippen LogP contribution < -0.4 is 0 Å². The molecular formula is C27H44O2. The summed E-state index contributed by atoms with van der Waals surface area (Å²) in [4.78, 5) is 0. The van der Waals surface area contributed by atoms with E-state index in [1.165, 1.54) is 51.4 Å². The zero-order valence-corrected chi connectivity index (χ0v) is 19.3. The molecule has 0 spiro atoms. The van der Waals surface area contributed by atoms with E-state index in [4.69, 9.17) is 0 Å². The van der Waals surface area contributed by atoms with Crippen LogP contribution in [0.5, 0.6) is 0 Å². The second-order valence-electron chi connectivity index (χ2n) is 11.0. The third-order valence-electron chi connectivity index (χ3n) is 8.43. The summed E-state index contributed by atoms with van der Waals surface area (Å²) in [5.41, 5.74) is 3.88. The Bertz CT molecular complexity index is 643. The molecule has 3 saturated carbocycles. The van der Waals surface area contributed by atoms with Crippen LogP contribution in [-0.2, 0) is 0 Å². The van der Waals surface area contributed by atoms with E-state index in [0.29, 0.717) is 24.2 Å². The first-order chi connectivity index (χ1) is 13.7. The smallest absolute Gasteiger partial charge is 0.0811 e. The van der Waals surface area contributed by atoms with Crippen molar-refractivity contribution < 1.29 is 10.2 Å². The van der Waals surface area contributed by atoms with Crippen LogP contribution in [0.3, 0.4) is 0 Å². The van der Waals surface area contributed by atoms with Gasteiger partial charge < -0.3 is 10.2 Å². The van der Waals surface area contributed by atoms with Gasteiger partial charge in [-0.2, -0.15) is 0 Å². The molecule has 164 valence electrons. The van der Waals surface area contributed by atoms with E-state index in [0.717, 1.165) is 28.9 Å². The second-order valence-corrected chi connectivity index (χ2v) is 11.0. The fourth-order valence-corrected chi connectivity index (χ4v) is 6.73. The van der Waals surface area contributed by atoms with E-state index < -0.39 is 12.2 Å². The SMILES string of the molecule is C=C1/C(=C\C=C2\CCC[C@@]3(C)[C@@H]2CC[C@H]3[C@@H](C)CCCC(C)C)C[C@@H](O)C[C@@H]1O. The van der Waals surface area contributed by atoms with Crippen LogP contribution in [0, 0.1) is 29.1 Å². The summed E-state index contributed by atoms with van der Waals surface area (Å²) in [5, 5.41) is 20.2. The number of fused-ring (bicyclic) bond motifs is 1. The van der Waals surface area contributed by atoms with Gasteiger partial charge in [0.25, 0.3) is 0 Å². The molecule has 0 saturated heterocycles. The van der Waals surface area contributed by atoms with Crippen molar-refractivity contribution in [2.75, 3.05) is 0 Å². The van der Waals surface area contributed by atoms with Gasteiger partial charge in [-0.1, -0.05) is 71.3 Å². The highest BCUT2D eigenvalue weighted by atomic mass is 16.3. The Labute approximate surface area is 179 Å². The zero-order chi connectivity index (χ0) is 21.2. The van der Waals surface area contributed by atoms with Crippen LogP contribution >= 0.6 is 0 Å². The van der Waals surface area contributed by atoms with Crippen molar-refractivity contribution in [3.63, 3.8) is 0 Å². The van der Waals surface area contributed by atoms with E-state index in [1.807, 2.05) is 0 Å². The van der Waals surface area contributed by atoms with Gasteiger partial charge in [0.05, 0.1) is 12.2 Å². The van der Waals surface area contributed by atoms with Crippen LogP contribution in [0.25, 0.3) is 0 Å². The topological polar surface area (TPSA) is 40.5 Å². The molecule has 29 heavy (non-hydrogen) atoms. The van der Waals surface area contributed by atoms with Gasteiger partial charge in [-0.3, -0.25) is 0 Å². The highest BCUT2D eigenvalue weighted by Gasteiger charge is 2.50. The average Bonchev–Trinajstić information content (AvgIpc) is 3.00. The van der Waals surface area contributed by atoms with Gasteiger partial charge in [-0.25, -0.2) is 0 Å². The Morgan fingerprint density at radius 3 is 2.62 bits per heavy atom. The Balaban J connectivity index is 1.71. The predicted molar refractivity (Wildman–Crippen MR) is 123 cm³/mol. The minimum Gasteiger partial charge on any atom is -0.393 e. The van der Waals surface area contributed by atoms with E-state index in [1.54, 1.807) is 5.57 Å². The van der Waals surface area contributed by atoms with Crippen molar-refractivity contribution in [3.8, 4) is 0 Å². The molecular weight excluding hydrogens is 356 g/mol. The summed E-state index contributed by atoms with van der Waals surface area (Å²) in [6, 6.07) is 0. The van der Waals surface area contributed by atoms with Crippen molar-refractivity contribution in [3.05, 3.63) is 35.5 Å². The van der Waals surface area contributed by atoms with Gasteiger partial charge in [0.15, 0.2) is 0 Å². The molecule has 3 aliphatic rings. The number of hydrogen-bond donors (Lipinski definition) is 2. The first kappa shape index (κ1) is 22.8. The molecule has 0 heterocycles. The summed E-state index contributed by atoms with van der Waals surface area (Å²) in [5.74, 6) is 3.20. The fourth-order valence-electron chi connectivity index (χ4n) is 6.73. The molecule has 0 aromatic carbocycles. The lowest BCUT2D eigenvalue weighted by molar-refractivity contribution is 0.0861. The van der Waals surface area contributed by atoms with Crippen molar-refractivity contribution in [1.29, 1.82) is 0 Å². The van der Waals surface area contributed by atoms with Crippen LogP contribution in [0.4, 0.5) is 0 Å². The molecule has 3 rings (SSSR count). The second kappa shape index (κ2) is 9.52. The molecule has 3 aliphatic carbocycles. The maximum atomic E-state index is 10.1. The van der Waals surface area contributed by atoms with E-state index >= 15 is 0 Å². The quantitative estimate of drug-likeness (QED) is 0.528. The first-order valence-electron chi connectivity index (χ1n) is 12.2. The third-order valence-corrected chi connectivity index (χ3v) is 8.43. The lowest BCUT2D eigenvalue weighted by atomic mass is 9.60. The molecule has 0 bridgehead atoms. The number of hydrogen-bond acceptors (Lipinski definition) is 2. The highest BCUT2D eigenvalue weighted by molar-refractivity contribution is 5.38. The standard InChI is InChI=1S/C27H44O2/c1-18(2)8-6-9-19(3)24-13-14-25-21(10-7-15-27(24,25)5)11-12-22-16-23(28)17-26(29)20(22)4/h11-12,18-19,23-26,28-29H,4,6-10,13-17H2,1-3,5H3/b21-11-,22-12-/t19-,23+,24-,25+,26-,27+/m0/s1. The van der Waals surface area contributed by atoms with Crippen molar-refractivity contribution in [1.82, 2.24) is 0 Å². The molecule has 0 aliphatic heterocycles. The normalized spacial score (nSPS) is 39.3. The summed E-state index contributed by atoms with van der Waals surface area (Å²) >= 11 is 0. The molecule has 2 heteroatoms. The zero-order valence-electron chi connectivity index (χ0n) is 19.3. The van der Waals surface area contributed by atoms with E-state index in [9.17, 15) is 10.2 Å². The molecule has 6 atom stereocenters. The summed E-state index contributed by atoms with van der Waals surface area (Å²) < 4.78 is 0. The molecule has 0 aromatic rings. The molecule has 0 unspecified atom stereocenters. The maximum absolute atomic E-state index is 10.1. The Morgan fingerprint density at radius 2 is 1.90 bits per heavy atom. The first-order valence-corrected chi connectivity index (χ1v) is 12.2. The summed E-state index contributed by atoms with van der Waals surface area (Å²) in [7, 11) is 0. The highest BCUT2D eigenvalue weighted by Crippen LogP contribution is 2.59. The van der Waals surface area contributed by atoms with Gasteiger partial charge >= 0.3 is 0 Å². The molecule has 3 fully saturated rings. The van der Waals surface area contributed by atoms with Crippen LogP contribution in [0.15, 0.2) is 35.5 Å². The Hall–Kier alpha value is -0.860. The molecule has 0 radical (unpaired) electrons. The van der Waals surface area contributed by atoms with Crippen LogP contribution in [0.2, 0.25) is 0 Å². The average molecular weight is 401 g/mol. The van der Waals surface area contributed by atoms with Crippen molar-refractivity contribution >= 4 is 0 Å². The predicted octanol–water partition coefficient (Wildman–Crippen LogP) is 6.59. The molecule has 0 amide bonds. The van der Waals surface area contributed by atoms with E-state index in [2.05, 4.69) is 46.4 Å². The molecule has 0 aromatic heterocycles. The van der Waals surface area contributed by atoms with Crippen molar-refractivity contribution in [2.45, 2.75) is 104 Å². The number of aliphatic hydroxyl groups excluding tert-OH is 2. The lowest BCUT2D eigenvalue weighted by Crippen LogP contribution is -2.36. The van der Waals surface area contributed by atoms with Crippen LogP contribution in [0.1, 0.15) is 91.9 Å². The fraction of sp³-hybridized carbons (Fsp3) is 0.778.